The lowest BCUT2D eigenvalue weighted by molar-refractivity contribution is -0.185. The Morgan fingerprint density at radius 1 is 0.943 bits per heavy atom. The molecule has 1 heterocycles. The van der Waals surface area contributed by atoms with Gasteiger partial charge in [-0.05, 0) is 52.1 Å². The van der Waals surface area contributed by atoms with Crippen molar-refractivity contribution in [2.45, 2.75) is 25.4 Å². The lowest BCUT2D eigenvalue weighted by Crippen LogP contribution is -2.45. The first kappa shape index (κ1) is 23.1. The standard InChI is InChI=1S/C28H25F2NO4/c1-32-23-12-10-17(15-25(23)33-2)20-6-5-8-24-26(20)21-11-9-18(14-19(21)16-34-24)22-7-3-4-13-28(22,31)35-27(29)30/h3-12,14-15,27H,13,16,31H2,1-2H3. The van der Waals surface area contributed by atoms with Crippen molar-refractivity contribution in [1.82, 2.24) is 0 Å². The highest BCUT2D eigenvalue weighted by atomic mass is 19.3. The molecule has 0 fully saturated rings. The molecule has 2 N–H and O–H groups in total. The predicted molar refractivity (Wildman–Crippen MR) is 130 cm³/mol. The van der Waals surface area contributed by atoms with Crippen molar-refractivity contribution in [2.75, 3.05) is 14.2 Å². The highest BCUT2D eigenvalue weighted by Crippen LogP contribution is 2.46. The second kappa shape index (κ2) is 9.17. The van der Waals surface area contributed by atoms with Crippen molar-refractivity contribution in [3.8, 4) is 39.5 Å². The first-order valence-corrected chi connectivity index (χ1v) is 11.2. The maximum absolute atomic E-state index is 13.1. The van der Waals surface area contributed by atoms with E-state index >= 15 is 0 Å². The molecule has 0 spiro atoms. The lowest BCUT2D eigenvalue weighted by atomic mass is 9.85. The van der Waals surface area contributed by atoms with Crippen LogP contribution in [-0.2, 0) is 11.3 Å². The largest absolute Gasteiger partial charge is 0.493 e. The summed E-state index contributed by atoms with van der Waals surface area (Å²) in [6, 6.07) is 17.5. The van der Waals surface area contributed by atoms with E-state index in [0.29, 0.717) is 29.2 Å². The fourth-order valence-corrected chi connectivity index (χ4v) is 4.72. The maximum atomic E-state index is 13.1. The second-order valence-electron chi connectivity index (χ2n) is 8.39. The number of hydrogen-bond acceptors (Lipinski definition) is 5. The fraction of sp³-hybridized carbons (Fsp3) is 0.214. The van der Waals surface area contributed by atoms with Gasteiger partial charge in [0.15, 0.2) is 17.2 Å². The molecular formula is C28H25F2NO4. The fourth-order valence-electron chi connectivity index (χ4n) is 4.72. The Morgan fingerprint density at radius 3 is 2.51 bits per heavy atom. The summed E-state index contributed by atoms with van der Waals surface area (Å²) in [7, 11) is 3.20. The Labute approximate surface area is 202 Å². The zero-order chi connectivity index (χ0) is 24.6. The Morgan fingerprint density at radius 2 is 1.74 bits per heavy atom. The molecule has 0 saturated heterocycles. The van der Waals surface area contributed by atoms with E-state index in [2.05, 4.69) is 0 Å². The van der Waals surface area contributed by atoms with Gasteiger partial charge in [0, 0.05) is 17.6 Å². The molecule has 3 aromatic carbocycles. The van der Waals surface area contributed by atoms with Crippen molar-refractivity contribution in [3.05, 3.63) is 84.0 Å². The summed E-state index contributed by atoms with van der Waals surface area (Å²) in [5.41, 5.74) is 10.7. The molecule has 0 aromatic heterocycles. The number of methoxy groups -OCH3 is 2. The van der Waals surface area contributed by atoms with Crippen molar-refractivity contribution in [3.63, 3.8) is 0 Å². The number of alkyl halides is 2. The SMILES string of the molecule is COc1ccc(-c2cccc3c2-c2ccc(C4=CC=CCC4(N)OC(F)F)cc2CO3)cc1OC. The summed E-state index contributed by atoms with van der Waals surface area (Å²) < 4.78 is 48.0. The van der Waals surface area contributed by atoms with Gasteiger partial charge in [0.1, 0.15) is 12.4 Å². The highest BCUT2D eigenvalue weighted by molar-refractivity contribution is 5.91. The van der Waals surface area contributed by atoms with Crippen LogP contribution in [0.2, 0.25) is 0 Å². The molecule has 1 atom stereocenters. The molecule has 5 nitrogen and oxygen atoms in total. The minimum Gasteiger partial charge on any atom is -0.493 e. The molecule has 0 saturated carbocycles. The van der Waals surface area contributed by atoms with Gasteiger partial charge < -0.3 is 14.2 Å². The summed E-state index contributed by atoms with van der Waals surface area (Å²) in [5, 5.41) is 0. The van der Waals surface area contributed by atoms with E-state index in [-0.39, 0.29) is 6.42 Å². The number of ether oxygens (including phenoxy) is 4. The molecule has 0 bridgehead atoms. The Hall–Kier alpha value is -3.68. The third kappa shape index (κ3) is 4.17. The molecule has 7 heteroatoms. The third-order valence-electron chi connectivity index (χ3n) is 6.36. The van der Waals surface area contributed by atoms with Crippen LogP contribution in [0, 0.1) is 0 Å². The number of fused-ring (bicyclic) bond motifs is 3. The van der Waals surface area contributed by atoms with Gasteiger partial charge in [-0.1, -0.05) is 48.6 Å². The van der Waals surface area contributed by atoms with Crippen LogP contribution in [0.15, 0.2) is 72.8 Å². The van der Waals surface area contributed by atoms with Gasteiger partial charge in [-0.3, -0.25) is 10.5 Å². The quantitative estimate of drug-likeness (QED) is 0.431. The van der Waals surface area contributed by atoms with E-state index in [1.54, 1.807) is 32.4 Å². The zero-order valence-corrected chi connectivity index (χ0v) is 19.4. The van der Waals surface area contributed by atoms with Gasteiger partial charge in [-0.25, -0.2) is 0 Å². The lowest BCUT2D eigenvalue weighted by Gasteiger charge is -2.33. The van der Waals surface area contributed by atoms with Crippen molar-refractivity contribution < 1.29 is 27.7 Å². The number of rotatable bonds is 6. The van der Waals surface area contributed by atoms with Gasteiger partial charge in [-0.15, -0.1) is 0 Å². The smallest absolute Gasteiger partial charge is 0.347 e. The van der Waals surface area contributed by atoms with Crippen LogP contribution in [-0.4, -0.2) is 26.6 Å². The van der Waals surface area contributed by atoms with E-state index in [1.165, 1.54) is 0 Å². The molecule has 0 amide bonds. The van der Waals surface area contributed by atoms with Crippen molar-refractivity contribution in [2.24, 2.45) is 5.73 Å². The number of benzene rings is 3. The third-order valence-corrected chi connectivity index (χ3v) is 6.36. The minimum absolute atomic E-state index is 0.156. The van der Waals surface area contributed by atoms with Crippen molar-refractivity contribution >= 4 is 5.57 Å². The van der Waals surface area contributed by atoms with Gasteiger partial charge in [0.25, 0.3) is 0 Å². The second-order valence-corrected chi connectivity index (χ2v) is 8.39. The van der Waals surface area contributed by atoms with Crippen LogP contribution in [0.4, 0.5) is 8.78 Å². The van der Waals surface area contributed by atoms with E-state index in [9.17, 15) is 8.78 Å². The highest BCUT2D eigenvalue weighted by Gasteiger charge is 2.35. The summed E-state index contributed by atoms with van der Waals surface area (Å²) in [6.07, 6.45) is 5.40. The van der Waals surface area contributed by atoms with Gasteiger partial charge in [0.05, 0.1) is 14.2 Å². The molecule has 35 heavy (non-hydrogen) atoms. The number of halogens is 2. The zero-order valence-electron chi connectivity index (χ0n) is 19.4. The molecule has 3 aromatic rings. The van der Waals surface area contributed by atoms with Crippen LogP contribution in [0.25, 0.3) is 27.8 Å². The van der Waals surface area contributed by atoms with Crippen LogP contribution in [0.1, 0.15) is 17.5 Å². The van der Waals surface area contributed by atoms with Gasteiger partial charge in [-0.2, -0.15) is 8.78 Å². The minimum atomic E-state index is -2.98. The molecule has 1 unspecified atom stereocenters. The van der Waals surface area contributed by atoms with Crippen molar-refractivity contribution in [1.29, 1.82) is 0 Å². The maximum Gasteiger partial charge on any atom is 0.347 e. The van der Waals surface area contributed by atoms with E-state index < -0.39 is 12.3 Å². The molecule has 1 aliphatic heterocycles. The van der Waals surface area contributed by atoms with Crippen LogP contribution in [0.3, 0.4) is 0 Å². The average Bonchev–Trinajstić information content (AvgIpc) is 2.87. The summed E-state index contributed by atoms with van der Waals surface area (Å²) in [5.74, 6) is 2.05. The Kier molecular flexibility index (Phi) is 6.05. The van der Waals surface area contributed by atoms with Gasteiger partial charge >= 0.3 is 6.61 Å². The summed E-state index contributed by atoms with van der Waals surface area (Å²) in [4.78, 5) is 0. The van der Waals surface area contributed by atoms with E-state index in [0.717, 1.165) is 33.6 Å². The molecule has 180 valence electrons. The topological polar surface area (TPSA) is 62.9 Å². The molecule has 5 rings (SSSR count). The van der Waals surface area contributed by atoms with E-state index in [1.807, 2.05) is 54.6 Å². The normalized spacial score (nSPS) is 18.4. The van der Waals surface area contributed by atoms with Crippen LogP contribution < -0.4 is 19.9 Å². The first-order chi connectivity index (χ1) is 16.9. The van der Waals surface area contributed by atoms with Crippen LogP contribution in [0.5, 0.6) is 17.2 Å². The molecule has 0 radical (unpaired) electrons. The average molecular weight is 478 g/mol. The van der Waals surface area contributed by atoms with E-state index in [4.69, 9.17) is 24.7 Å². The Bertz CT molecular complexity index is 1330. The first-order valence-electron chi connectivity index (χ1n) is 11.2. The molecular weight excluding hydrogens is 452 g/mol. The summed E-state index contributed by atoms with van der Waals surface area (Å²) >= 11 is 0. The number of allylic oxidation sites excluding steroid dienone is 2. The van der Waals surface area contributed by atoms with Crippen LogP contribution >= 0.6 is 0 Å². The number of hydrogen-bond donors (Lipinski definition) is 1. The number of nitrogens with two attached hydrogens (primary N) is 1. The Balaban J connectivity index is 1.60. The molecule has 1 aliphatic carbocycles. The summed E-state index contributed by atoms with van der Waals surface area (Å²) in [6.45, 7) is -2.63. The van der Waals surface area contributed by atoms with Gasteiger partial charge in [0.2, 0.25) is 0 Å². The predicted octanol–water partition coefficient (Wildman–Crippen LogP) is 6.17. The molecule has 2 aliphatic rings. The monoisotopic (exact) mass is 477 g/mol.